The highest BCUT2D eigenvalue weighted by atomic mass is 16.6. The highest BCUT2D eigenvalue weighted by Gasteiger charge is 2.30. The molecule has 308 valence electrons. The SMILES string of the molecule is Cc1cc(C(C)(C)c2cc(C)c(OCC(O)CN3CCN(C(=O)OC(C)(C)C)CC3)c(C)c2)cc(C)c1OCC(O)CN1CCN(C(=O)OC(C)(C)C)CC1. The van der Waals surface area contributed by atoms with E-state index in [2.05, 4.69) is 47.9 Å². The predicted octanol–water partition coefficient (Wildman–Crippen LogP) is 5.83. The lowest BCUT2D eigenvalue weighted by atomic mass is 9.76. The van der Waals surface area contributed by atoms with Gasteiger partial charge in [-0.3, -0.25) is 9.80 Å². The number of hydrogen-bond acceptors (Lipinski definition) is 10. The second-order valence-electron chi connectivity index (χ2n) is 18.0. The minimum atomic E-state index is -0.669. The number of ether oxygens (including phenoxy) is 4. The third kappa shape index (κ3) is 12.7. The molecule has 2 aromatic rings. The highest BCUT2D eigenvalue weighted by molar-refractivity contribution is 5.68. The molecule has 2 aliphatic heterocycles. The third-order valence-electron chi connectivity index (χ3n) is 10.2. The molecule has 2 N–H and O–H groups in total. The minimum absolute atomic E-state index is 0.177. The van der Waals surface area contributed by atoms with Gasteiger partial charge in [-0.2, -0.15) is 0 Å². The molecule has 2 saturated heterocycles. The maximum absolute atomic E-state index is 12.4. The van der Waals surface area contributed by atoms with E-state index in [4.69, 9.17) is 18.9 Å². The molecule has 12 heteroatoms. The summed E-state index contributed by atoms with van der Waals surface area (Å²) in [5.41, 5.74) is 4.99. The van der Waals surface area contributed by atoms with Crippen LogP contribution >= 0.6 is 0 Å². The van der Waals surface area contributed by atoms with Gasteiger partial charge in [-0.15, -0.1) is 0 Å². The van der Waals surface area contributed by atoms with Crippen molar-refractivity contribution in [2.45, 2.75) is 112 Å². The zero-order chi connectivity index (χ0) is 40.9. The molecule has 0 radical (unpaired) electrons. The molecule has 2 fully saturated rings. The van der Waals surface area contributed by atoms with Crippen LogP contribution in [0.4, 0.5) is 9.59 Å². The van der Waals surface area contributed by atoms with Crippen molar-refractivity contribution in [3.63, 3.8) is 0 Å². The summed E-state index contributed by atoms with van der Waals surface area (Å²) in [4.78, 5) is 32.6. The molecule has 55 heavy (non-hydrogen) atoms. The Hall–Kier alpha value is -3.58. The molecule has 2 aromatic carbocycles. The molecule has 0 aliphatic carbocycles. The van der Waals surface area contributed by atoms with E-state index in [1.807, 2.05) is 69.2 Å². The van der Waals surface area contributed by atoms with Gasteiger partial charge in [0.2, 0.25) is 0 Å². The fraction of sp³-hybridized carbons (Fsp3) is 0.674. The molecule has 4 rings (SSSR count). The second kappa shape index (κ2) is 18.1. The van der Waals surface area contributed by atoms with Crippen LogP contribution in [0.1, 0.15) is 88.8 Å². The number of aliphatic hydroxyl groups is 2. The standard InChI is InChI=1S/C43H68N4O8/c1-29-21-33(22-30(2)37(29)52-27-35(48)25-44-13-17-46(18-14-44)39(50)54-41(5,6)7)43(11,12)34-23-31(3)38(32(4)24-34)53-28-36(49)26-45-15-19-47(20-16-45)40(51)55-42(8,9)10/h21-24,35-36,48-49H,13-20,25-28H2,1-12H3. The van der Waals surface area contributed by atoms with Crippen molar-refractivity contribution in [3.8, 4) is 11.5 Å². The van der Waals surface area contributed by atoms with Crippen LogP contribution in [0.25, 0.3) is 0 Å². The van der Waals surface area contributed by atoms with Gasteiger partial charge in [-0.05, 0) is 103 Å². The average Bonchev–Trinajstić information content (AvgIpc) is 3.06. The Morgan fingerprint density at radius 3 is 1.13 bits per heavy atom. The van der Waals surface area contributed by atoms with Crippen molar-refractivity contribution in [3.05, 3.63) is 57.6 Å². The number of aryl methyl sites for hydroxylation is 4. The molecule has 0 bridgehead atoms. The van der Waals surface area contributed by atoms with E-state index >= 15 is 0 Å². The highest BCUT2D eigenvalue weighted by Crippen LogP contribution is 2.38. The lowest BCUT2D eigenvalue weighted by molar-refractivity contribution is 0.00612. The Kier molecular flexibility index (Phi) is 14.5. The number of amides is 2. The van der Waals surface area contributed by atoms with Crippen molar-refractivity contribution < 1.29 is 38.7 Å². The fourth-order valence-corrected chi connectivity index (χ4v) is 7.18. The lowest BCUT2D eigenvalue weighted by Crippen LogP contribution is -2.51. The predicted molar refractivity (Wildman–Crippen MR) is 215 cm³/mol. The molecule has 12 nitrogen and oxygen atoms in total. The third-order valence-corrected chi connectivity index (χ3v) is 10.2. The Bertz CT molecular complexity index is 1450. The largest absolute Gasteiger partial charge is 0.490 e. The number of hydrogen-bond donors (Lipinski definition) is 2. The zero-order valence-electron chi connectivity index (χ0n) is 35.6. The Labute approximate surface area is 329 Å². The smallest absolute Gasteiger partial charge is 0.410 e. The van der Waals surface area contributed by atoms with Crippen molar-refractivity contribution in [2.24, 2.45) is 0 Å². The first kappa shape index (κ1) is 44.1. The molecular weight excluding hydrogens is 700 g/mol. The van der Waals surface area contributed by atoms with Crippen molar-refractivity contribution in [1.29, 1.82) is 0 Å². The number of nitrogens with zero attached hydrogens (tertiary/aromatic N) is 4. The lowest BCUT2D eigenvalue weighted by Gasteiger charge is -2.36. The van der Waals surface area contributed by atoms with Gasteiger partial charge in [-0.1, -0.05) is 38.1 Å². The van der Waals surface area contributed by atoms with Crippen molar-refractivity contribution >= 4 is 12.2 Å². The van der Waals surface area contributed by atoms with E-state index in [0.717, 1.165) is 44.9 Å². The maximum atomic E-state index is 12.4. The topological polar surface area (TPSA) is 124 Å². The van der Waals surface area contributed by atoms with Gasteiger partial charge in [0.05, 0.1) is 0 Å². The number of aliphatic hydroxyl groups excluding tert-OH is 2. The van der Waals surface area contributed by atoms with Crippen LogP contribution < -0.4 is 9.47 Å². The van der Waals surface area contributed by atoms with Crippen LogP contribution in [0.5, 0.6) is 11.5 Å². The first-order chi connectivity index (χ1) is 25.5. The van der Waals surface area contributed by atoms with E-state index in [1.54, 1.807) is 9.80 Å². The number of β-amino-alcohol motifs (C(OH)–C–C–N with tert-alkyl or cyclic N) is 2. The molecule has 2 unspecified atom stereocenters. The molecule has 0 aromatic heterocycles. The van der Waals surface area contributed by atoms with E-state index in [9.17, 15) is 19.8 Å². The molecule has 2 atom stereocenters. The fourth-order valence-electron chi connectivity index (χ4n) is 7.18. The summed E-state index contributed by atoms with van der Waals surface area (Å²) in [6, 6.07) is 8.68. The van der Waals surface area contributed by atoms with E-state index < -0.39 is 23.4 Å². The van der Waals surface area contributed by atoms with Gasteiger partial charge >= 0.3 is 12.2 Å². The van der Waals surface area contributed by atoms with Gasteiger partial charge in [0.25, 0.3) is 0 Å². The number of piperazine rings is 2. The molecule has 0 saturated carbocycles. The first-order valence-electron chi connectivity index (χ1n) is 19.8. The van der Waals surface area contributed by atoms with Gasteiger partial charge in [0, 0.05) is 70.9 Å². The average molecular weight is 769 g/mol. The van der Waals surface area contributed by atoms with Crippen molar-refractivity contribution in [1.82, 2.24) is 19.6 Å². The quantitative estimate of drug-likeness (QED) is 0.273. The van der Waals surface area contributed by atoms with Gasteiger partial charge in [-0.25, -0.2) is 9.59 Å². The van der Waals surface area contributed by atoms with Crippen LogP contribution in [0.2, 0.25) is 0 Å². The monoisotopic (exact) mass is 769 g/mol. The van der Waals surface area contributed by atoms with Crippen molar-refractivity contribution in [2.75, 3.05) is 78.7 Å². The Morgan fingerprint density at radius 1 is 0.564 bits per heavy atom. The van der Waals surface area contributed by atoms with Gasteiger partial charge in [0.1, 0.15) is 48.1 Å². The summed E-state index contributed by atoms with van der Waals surface area (Å²) in [5.74, 6) is 1.57. The Balaban J connectivity index is 1.28. The molecule has 2 aliphatic rings. The van der Waals surface area contributed by atoms with E-state index in [-0.39, 0.29) is 30.8 Å². The summed E-state index contributed by atoms with van der Waals surface area (Å²) < 4.78 is 23.4. The second-order valence-corrected chi connectivity index (χ2v) is 18.0. The minimum Gasteiger partial charge on any atom is -0.490 e. The van der Waals surface area contributed by atoms with Gasteiger partial charge < -0.3 is 39.0 Å². The normalized spacial score (nSPS) is 17.5. The summed E-state index contributed by atoms with van der Waals surface area (Å²) in [5, 5.41) is 21.7. The molecular formula is C43H68N4O8. The first-order valence-corrected chi connectivity index (χ1v) is 19.8. The van der Waals surface area contributed by atoms with Crippen LogP contribution in [-0.2, 0) is 14.9 Å². The van der Waals surface area contributed by atoms with Crippen LogP contribution in [0, 0.1) is 27.7 Å². The van der Waals surface area contributed by atoms with E-state index in [0.29, 0.717) is 65.4 Å². The number of benzene rings is 2. The van der Waals surface area contributed by atoms with Crippen LogP contribution in [0.3, 0.4) is 0 Å². The number of rotatable bonds is 12. The Morgan fingerprint density at radius 2 is 0.855 bits per heavy atom. The van der Waals surface area contributed by atoms with Crippen LogP contribution in [0.15, 0.2) is 24.3 Å². The zero-order valence-corrected chi connectivity index (χ0v) is 35.6. The molecule has 2 amide bonds. The number of carbonyl (C=O) groups excluding carboxylic acids is 2. The number of carbonyl (C=O) groups is 2. The van der Waals surface area contributed by atoms with Crippen LogP contribution in [-0.4, -0.2) is 144 Å². The summed E-state index contributed by atoms with van der Waals surface area (Å²) >= 11 is 0. The molecule has 0 spiro atoms. The molecule has 2 heterocycles. The van der Waals surface area contributed by atoms with Gasteiger partial charge in [0.15, 0.2) is 0 Å². The summed E-state index contributed by atoms with van der Waals surface area (Å²) in [7, 11) is 0. The van der Waals surface area contributed by atoms with E-state index in [1.165, 1.54) is 0 Å². The summed E-state index contributed by atoms with van der Waals surface area (Å²) in [6.45, 7) is 30.0. The maximum Gasteiger partial charge on any atom is 0.410 e. The summed E-state index contributed by atoms with van der Waals surface area (Å²) in [6.07, 6.45) is -1.92.